The van der Waals surface area contributed by atoms with Gasteiger partial charge in [0.2, 0.25) is 6.10 Å². The molecule has 3 aromatic rings. The number of β-lactam (4-membered cyclic amide) rings is 1. The van der Waals surface area contributed by atoms with E-state index in [0.717, 1.165) is 17.0 Å². The van der Waals surface area contributed by atoms with Gasteiger partial charge in [-0.3, -0.25) is 9.69 Å². The molecule has 1 aliphatic heterocycles. The molecule has 4 rings (SSSR count). The van der Waals surface area contributed by atoms with Crippen molar-refractivity contribution in [3.63, 3.8) is 0 Å². The van der Waals surface area contributed by atoms with E-state index >= 15 is 0 Å². The van der Waals surface area contributed by atoms with Crippen LogP contribution in [0.2, 0.25) is 0 Å². The van der Waals surface area contributed by atoms with Crippen molar-refractivity contribution >= 4 is 17.7 Å². The zero-order chi connectivity index (χ0) is 19.3. The van der Waals surface area contributed by atoms with E-state index < -0.39 is 6.10 Å². The molecule has 1 aliphatic rings. The summed E-state index contributed by atoms with van der Waals surface area (Å²) in [6.07, 6.45) is 3.49. The molecule has 0 saturated carbocycles. The van der Waals surface area contributed by atoms with E-state index in [2.05, 4.69) is 0 Å². The van der Waals surface area contributed by atoms with Crippen LogP contribution in [0.3, 0.4) is 0 Å². The van der Waals surface area contributed by atoms with E-state index in [0.29, 0.717) is 5.75 Å². The number of rotatable bonds is 6. The fraction of sp³-hybridized carbons (Fsp3) is 0.125. The SMILES string of the molecule is COc1ccc(N2C(=O)[C@@H](Oc3ccccc3)[C@H]2/C=C/c2ccccc2)cc1. The maximum atomic E-state index is 12.9. The molecule has 140 valence electrons. The normalized spacial score (nSPS) is 18.8. The molecule has 28 heavy (non-hydrogen) atoms. The number of hydrogen-bond donors (Lipinski definition) is 0. The third-order valence-corrected chi connectivity index (χ3v) is 4.73. The molecular weight excluding hydrogens is 350 g/mol. The van der Waals surface area contributed by atoms with Gasteiger partial charge in [0.1, 0.15) is 17.5 Å². The molecule has 3 aromatic carbocycles. The van der Waals surface area contributed by atoms with E-state index in [9.17, 15) is 4.79 Å². The molecule has 1 saturated heterocycles. The van der Waals surface area contributed by atoms with Gasteiger partial charge in [-0.15, -0.1) is 0 Å². The van der Waals surface area contributed by atoms with Gasteiger partial charge in [-0.05, 0) is 42.0 Å². The van der Waals surface area contributed by atoms with Crippen molar-refractivity contribution in [2.75, 3.05) is 12.0 Å². The molecule has 0 bridgehead atoms. The van der Waals surface area contributed by atoms with E-state index in [1.807, 2.05) is 97.1 Å². The van der Waals surface area contributed by atoms with Crippen molar-refractivity contribution in [2.45, 2.75) is 12.1 Å². The van der Waals surface area contributed by atoms with E-state index in [1.54, 1.807) is 12.0 Å². The molecule has 1 fully saturated rings. The van der Waals surface area contributed by atoms with Crippen LogP contribution >= 0.6 is 0 Å². The molecule has 0 radical (unpaired) electrons. The van der Waals surface area contributed by atoms with Gasteiger partial charge in [-0.25, -0.2) is 0 Å². The second-order valence-corrected chi connectivity index (χ2v) is 6.52. The van der Waals surface area contributed by atoms with Gasteiger partial charge >= 0.3 is 0 Å². The first-order chi connectivity index (χ1) is 13.8. The van der Waals surface area contributed by atoms with Crippen LogP contribution in [0.25, 0.3) is 6.08 Å². The van der Waals surface area contributed by atoms with Gasteiger partial charge in [-0.2, -0.15) is 0 Å². The average molecular weight is 371 g/mol. The maximum absolute atomic E-state index is 12.9. The zero-order valence-electron chi connectivity index (χ0n) is 15.6. The molecule has 0 N–H and O–H groups in total. The van der Waals surface area contributed by atoms with Crippen molar-refractivity contribution < 1.29 is 14.3 Å². The smallest absolute Gasteiger partial charge is 0.271 e. The van der Waals surface area contributed by atoms with Gasteiger partial charge in [-0.1, -0.05) is 60.7 Å². The largest absolute Gasteiger partial charge is 0.497 e. The molecule has 0 aromatic heterocycles. The molecule has 1 heterocycles. The number of ether oxygens (including phenoxy) is 2. The minimum atomic E-state index is -0.551. The summed E-state index contributed by atoms with van der Waals surface area (Å²) >= 11 is 0. The number of nitrogens with zero attached hydrogens (tertiary/aromatic N) is 1. The summed E-state index contributed by atoms with van der Waals surface area (Å²) in [4.78, 5) is 14.6. The lowest BCUT2D eigenvalue weighted by Crippen LogP contribution is -2.66. The van der Waals surface area contributed by atoms with E-state index in [4.69, 9.17) is 9.47 Å². The summed E-state index contributed by atoms with van der Waals surface area (Å²) in [6, 6.07) is 26.8. The summed E-state index contributed by atoms with van der Waals surface area (Å²) in [5.74, 6) is 1.38. The topological polar surface area (TPSA) is 38.8 Å². The Labute approximate surface area is 164 Å². The summed E-state index contributed by atoms with van der Waals surface area (Å²) in [6.45, 7) is 0. The Morgan fingerprint density at radius 3 is 2.11 bits per heavy atom. The van der Waals surface area contributed by atoms with Crippen LogP contribution in [-0.2, 0) is 4.79 Å². The predicted molar refractivity (Wildman–Crippen MR) is 111 cm³/mol. The Kier molecular flexibility index (Phi) is 5.11. The Bertz CT molecular complexity index is 952. The average Bonchev–Trinajstić information content (AvgIpc) is 2.76. The minimum Gasteiger partial charge on any atom is -0.497 e. The van der Waals surface area contributed by atoms with Gasteiger partial charge < -0.3 is 9.47 Å². The number of carbonyl (C=O) groups excluding carboxylic acids is 1. The molecule has 1 amide bonds. The first kappa shape index (κ1) is 17.9. The van der Waals surface area contributed by atoms with Crippen LogP contribution in [0.5, 0.6) is 11.5 Å². The van der Waals surface area contributed by atoms with Crippen LogP contribution < -0.4 is 14.4 Å². The van der Waals surface area contributed by atoms with Gasteiger partial charge in [0.05, 0.1) is 7.11 Å². The van der Waals surface area contributed by atoms with Crippen LogP contribution in [0.1, 0.15) is 5.56 Å². The van der Waals surface area contributed by atoms with Crippen LogP contribution in [0.4, 0.5) is 5.69 Å². The van der Waals surface area contributed by atoms with Crippen LogP contribution in [0.15, 0.2) is 91.0 Å². The molecular formula is C24H21NO3. The maximum Gasteiger partial charge on any atom is 0.271 e. The zero-order valence-corrected chi connectivity index (χ0v) is 15.6. The van der Waals surface area contributed by atoms with Gasteiger partial charge in [0.25, 0.3) is 5.91 Å². The summed E-state index contributed by atoms with van der Waals surface area (Å²) in [7, 11) is 1.62. The summed E-state index contributed by atoms with van der Waals surface area (Å²) < 4.78 is 11.2. The highest BCUT2D eigenvalue weighted by atomic mass is 16.5. The molecule has 0 unspecified atom stereocenters. The lowest BCUT2D eigenvalue weighted by molar-refractivity contribution is -0.133. The minimum absolute atomic E-state index is 0.0586. The molecule has 0 aliphatic carbocycles. The Hall–Kier alpha value is -3.53. The van der Waals surface area contributed by atoms with E-state index in [-0.39, 0.29) is 11.9 Å². The Balaban J connectivity index is 1.60. The fourth-order valence-electron chi connectivity index (χ4n) is 3.25. The van der Waals surface area contributed by atoms with Crippen molar-refractivity contribution in [3.8, 4) is 11.5 Å². The highest BCUT2D eigenvalue weighted by Gasteiger charge is 2.48. The van der Waals surface area contributed by atoms with Gasteiger partial charge in [0, 0.05) is 5.69 Å². The van der Waals surface area contributed by atoms with Crippen molar-refractivity contribution in [1.29, 1.82) is 0 Å². The first-order valence-electron chi connectivity index (χ1n) is 9.18. The summed E-state index contributed by atoms with van der Waals surface area (Å²) in [5, 5.41) is 0. The predicted octanol–water partition coefficient (Wildman–Crippen LogP) is 4.57. The number of benzene rings is 3. The number of hydrogen-bond acceptors (Lipinski definition) is 3. The third-order valence-electron chi connectivity index (χ3n) is 4.73. The van der Waals surface area contributed by atoms with Crippen molar-refractivity contribution in [3.05, 3.63) is 96.6 Å². The lowest BCUT2D eigenvalue weighted by Gasteiger charge is -2.45. The Morgan fingerprint density at radius 1 is 0.821 bits per heavy atom. The standard InChI is InChI=1S/C24H21NO3/c1-27-20-15-13-19(14-16-20)25-22(17-12-18-8-4-2-5-9-18)23(24(25)26)28-21-10-6-3-7-11-21/h2-17,22-23H,1H3/b17-12+/t22-,23+/m1/s1. The molecule has 0 spiro atoms. The second-order valence-electron chi connectivity index (χ2n) is 6.52. The highest BCUT2D eigenvalue weighted by molar-refractivity contribution is 6.06. The summed E-state index contributed by atoms with van der Waals surface area (Å²) in [5.41, 5.74) is 1.90. The molecule has 4 nitrogen and oxygen atoms in total. The Morgan fingerprint density at radius 2 is 1.46 bits per heavy atom. The highest BCUT2D eigenvalue weighted by Crippen LogP contribution is 2.33. The van der Waals surface area contributed by atoms with Crippen LogP contribution in [-0.4, -0.2) is 25.2 Å². The van der Waals surface area contributed by atoms with Crippen molar-refractivity contribution in [2.24, 2.45) is 0 Å². The van der Waals surface area contributed by atoms with Gasteiger partial charge in [0.15, 0.2) is 0 Å². The number of methoxy groups -OCH3 is 1. The fourth-order valence-corrected chi connectivity index (χ4v) is 3.25. The van der Waals surface area contributed by atoms with Crippen molar-refractivity contribution in [1.82, 2.24) is 0 Å². The lowest BCUT2D eigenvalue weighted by atomic mass is 9.95. The second kappa shape index (κ2) is 8.01. The number of carbonyl (C=O) groups is 1. The van der Waals surface area contributed by atoms with E-state index in [1.165, 1.54) is 0 Å². The first-order valence-corrected chi connectivity index (χ1v) is 9.18. The molecule has 4 heteroatoms. The quantitative estimate of drug-likeness (QED) is 0.596. The number of anilines is 1. The molecule has 2 atom stereocenters. The third kappa shape index (κ3) is 3.62. The number of amides is 1. The van der Waals surface area contributed by atoms with Crippen LogP contribution in [0, 0.1) is 0 Å². The monoisotopic (exact) mass is 371 g/mol. The number of para-hydroxylation sites is 1.